The van der Waals surface area contributed by atoms with E-state index < -0.39 is 0 Å². The van der Waals surface area contributed by atoms with Crippen molar-refractivity contribution in [1.82, 2.24) is 4.98 Å². The van der Waals surface area contributed by atoms with Gasteiger partial charge in [0, 0.05) is 19.2 Å². The molecule has 0 aliphatic carbocycles. The molecule has 0 aliphatic rings. The van der Waals surface area contributed by atoms with Crippen molar-refractivity contribution in [2.75, 3.05) is 0 Å². The van der Waals surface area contributed by atoms with E-state index in [2.05, 4.69) is 25.8 Å². The summed E-state index contributed by atoms with van der Waals surface area (Å²) in [5.74, 6) is 0.0263. The van der Waals surface area contributed by atoms with Crippen LogP contribution in [-0.2, 0) is 10.2 Å². The molecule has 0 saturated carbocycles. The Bertz CT molecular complexity index is 378. The summed E-state index contributed by atoms with van der Waals surface area (Å²) in [5.41, 5.74) is 2.32. The van der Waals surface area contributed by atoms with Crippen LogP contribution in [0.2, 0.25) is 0 Å². The third kappa shape index (κ3) is 3.05. The van der Waals surface area contributed by atoms with Crippen LogP contribution in [0.4, 0.5) is 0 Å². The lowest BCUT2D eigenvalue weighted by atomic mass is 9.85. The molecule has 1 rings (SSSR count). The van der Waals surface area contributed by atoms with Crippen LogP contribution in [0.3, 0.4) is 0 Å². The van der Waals surface area contributed by atoms with Crippen molar-refractivity contribution in [2.45, 2.75) is 40.0 Å². The molecule has 0 N–H and O–H groups in total. The Morgan fingerprint density at radius 3 is 2.40 bits per heavy atom. The Labute approximate surface area is 90.5 Å². The normalized spacial score (nSPS) is 11.3. The van der Waals surface area contributed by atoms with Crippen molar-refractivity contribution < 1.29 is 9.53 Å². The van der Waals surface area contributed by atoms with Crippen molar-refractivity contribution in [1.29, 1.82) is 0 Å². The lowest BCUT2D eigenvalue weighted by molar-refractivity contribution is -0.132. The second kappa shape index (κ2) is 4.01. The highest BCUT2D eigenvalue weighted by molar-refractivity contribution is 5.68. The Hall–Kier alpha value is -1.38. The summed E-state index contributed by atoms with van der Waals surface area (Å²) in [4.78, 5) is 14.8. The fraction of sp³-hybridized carbons (Fsp3) is 0.500. The van der Waals surface area contributed by atoms with E-state index in [0.717, 1.165) is 5.56 Å². The van der Waals surface area contributed by atoms with Crippen molar-refractivity contribution >= 4 is 5.97 Å². The summed E-state index contributed by atoms with van der Waals surface area (Å²) in [6, 6.07) is 1.79. The molecule has 0 atom stereocenters. The van der Waals surface area contributed by atoms with Gasteiger partial charge in [0.1, 0.15) is 0 Å². The maximum atomic E-state index is 10.7. The SMILES string of the molecule is CC(=O)Oc1cc(C)c(C(C)(C)C)cn1. The topological polar surface area (TPSA) is 39.2 Å². The predicted octanol–water partition coefficient (Wildman–Crippen LogP) is 2.61. The summed E-state index contributed by atoms with van der Waals surface area (Å²) < 4.78 is 4.91. The molecule has 0 spiro atoms. The van der Waals surface area contributed by atoms with Gasteiger partial charge < -0.3 is 4.74 Å². The highest BCUT2D eigenvalue weighted by Crippen LogP contribution is 2.26. The van der Waals surface area contributed by atoms with Gasteiger partial charge in [0.15, 0.2) is 0 Å². The number of rotatable bonds is 1. The Morgan fingerprint density at radius 1 is 1.40 bits per heavy atom. The minimum Gasteiger partial charge on any atom is -0.408 e. The van der Waals surface area contributed by atoms with Crippen LogP contribution in [-0.4, -0.2) is 11.0 Å². The first-order chi connectivity index (χ1) is 6.80. The van der Waals surface area contributed by atoms with Crippen LogP contribution in [0.5, 0.6) is 5.88 Å². The molecule has 0 bridgehead atoms. The minimum atomic E-state index is -0.342. The Morgan fingerprint density at radius 2 is 2.00 bits per heavy atom. The van der Waals surface area contributed by atoms with Gasteiger partial charge in [-0.1, -0.05) is 20.8 Å². The van der Waals surface area contributed by atoms with Gasteiger partial charge in [-0.2, -0.15) is 0 Å². The number of hydrogen-bond acceptors (Lipinski definition) is 3. The molecule has 1 heterocycles. The van der Waals surface area contributed by atoms with Crippen LogP contribution in [0, 0.1) is 6.92 Å². The van der Waals surface area contributed by atoms with Gasteiger partial charge in [0.05, 0.1) is 0 Å². The zero-order valence-electron chi connectivity index (χ0n) is 9.92. The van der Waals surface area contributed by atoms with E-state index in [1.807, 2.05) is 6.92 Å². The van der Waals surface area contributed by atoms with Crippen LogP contribution < -0.4 is 4.74 Å². The smallest absolute Gasteiger partial charge is 0.309 e. The summed E-state index contributed by atoms with van der Waals surface area (Å²) in [5, 5.41) is 0. The largest absolute Gasteiger partial charge is 0.408 e. The van der Waals surface area contributed by atoms with E-state index in [1.54, 1.807) is 12.3 Å². The molecule has 3 nitrogen and oxygen atoms in total. The molecule has 0 aliphatic heterocycles. The third-order valence-corrected chi connectivity index (χ3v) is 2.14. The number of pyridine rings is 1. The van der Waals surface area contributed by atoms with Crippen LogP contribution in [0.15, 0.2) is 12.3 Å². The maximum Gasteiger partial charge on any atom is 0.309 e. The molecule has 0 saturated heterocycles. The zero-order chi connectivity index (χ0) is 11.6. The molecule has 1 aromatic rings. The number of aromatic nitrogens is 1. The molecule has 82 valence electrons. The molecule has 0 amide bonds. The van der Waals surface area contributed by atoms with E-state index >= 15 is 0 Å². The molecule has 0 aromatic carbocycles. The van der Waals surface area contributed by atoms with Crippen molar-refractivity contribution in [2.24, 2.45) is 0 Å². The number of hydrogen-bond donors (Lipinski definition) is 0. The molecule has 0 radical (unpaired) electrons. The summed E-state index contributed by atoms with van der Waals surface area (Å²) in [7, 11) is 0. The molecular weight excluding hydrogens is 190 g/mol. The molecule has 15 heavy (non-hydrogen) atoms. The molecular formula is C12H17NO2. The monoisotopic (exact) mass is 207 g/mol. The first kappa shape index (κ1) is 11.7. The van der Waals surface area contributed by atoms with Crippen LogP contribution in [0.25, 0.3) is 0 Å². The lowest BCUT2D eigenvalue weighted by Gasteiger charge is -2.21. The van der Waals surface area contributed by atoms with E-state index in [4.69, 9.17) is 4.74 Å². The quantitative estimate of drug-likeness (QED) is 0.664. The highest BCUT2D eigenvalue weighted by atomic mass is 16.5. The molecule has 0 unspecified atom stereocenters. The van der Waals surface area contributed by atoms with Gasteiger partial charge in [0.25, 0.3) is 0 Å². The van der Waals surface area contributed by atoms with Gasteiger partial charge in [-0.15, -0.1) is 0 Å². The number of esters is 1. The van der Waals surface area contributed by atoms with Gasteiger partial charge in [-0.25, -0.2) is 4.98 Å². The standard InChI is InChI=1S/C12H17NO2/c1-8-6-11(15-9(2)14)13-7-10(8)12(3,4)5/h6-7H,1-5H3. The van der Waals surface area contributed by atoms with Gasteiger partial charge in [-0.3, -0.25) is 4.79 Å². The molecule has 1 aromatic heterocycles. The third-order valence-electron chi connectivity index (χ3n) is 2.14. The average Bonchev–Trinajstić information content (AvgIpc) is 1.99. The fourth-order valence-electron chi connectivity index (χ4n) is 1.52. The second-order valence-electron chi connectivity index (χ2n) is 4.68. The molecule has 0 fully saturated rings. The van der Waals surface area contributed by atoms with E-state index in [1.165, 1.54) is 12.5 Å². The first-order valence-corrected chi connectivity index (χ1v) is 4.96. The van der Waals surface area contributed by atoms with Gasteiger partial charge in [-0.05, 0) is 23.5 Å². The van der Waals surface area contributed by atoms with E-state index in [-0.39, 0.29) is 11.4 Å². The van der Waals surface area contributed by atoms with E-state index in [0.29, 0.717) is 5.88 Å². The minimum absolute atomic E-state index is 0.0613. The van der Waals surface area contributed by atoms with Crippen molar-refractivity contribution in [3.8, 4) is 5.88 Å². The van der Waals surface area contributed by atoms with Gasteiger partial charge in [0.2, 0.25) is 5.88 Å². The fourth-order valence-corrected chi connectivity index (χ4v) is 1.52. The summed E-state index contributed by atoms with van der Waals surface area (Å²) >= 11 is 0. The first-order valence-electron chi connectivity index (χ1n) is 4.96. The maximum absolute atomic E-state index is 10.7. The lowest BCUT2D eigenvalue weighted by Crippen LogP contribution is -2.14. The number of carbonyl (C=O) groups is 1. The average molecular weight is 207 g/mol. The Kier molecular flexibility index (Phi) is 3.12. The van der Waals surface area contributed by atoms with Crippen molar-refractivity contribution in [3.63, 3.8) is 0 Å². The number of nitrogens with zero attached hydrogens (tertiary/aromatic N) is 1. The number of aryl methyl sites for hydroxylation is 1. The highest BCUT2D eigenvalue weighted by Gasteiger charge is 2.17. The van der Waals surface area contributed by atoms with Crippen LogP contribution >= 0.6 is 0 Å². The summed E-state index contributed by atoms with van der Waals surface area (Å²) in [6.07, 6.45) is 1.77. The zero-order valence-corrected chi connectivity index (χ0v) is 9.92. The van der Waals surface area contributed by atoms with E-state index in [9.17, 15) is 4.79 Å². The van der Waals surface area contributed by atoms with Crippen molar-refractivity contribution in [3.05, 3.63) is 23.4 Å². The number of ether oxygens (including phenoxy) is 1. The van der Waals surface area contributed by atoms with Crippen LogP contribution in [0.1, 0.15) is 38.8 Å². The second-order valence-corrected chi connectivity index (χ2v) is 4.68. The number of carbonyl (C=O) groups excluding carboxylic acids is 1. The summed E-state index contributed by atoms with van der Waals surface area (Å²) in [6.45, 7) is 9.75. The predicted molar refractivity (Wildman–Crippen MR) is 59.0 cm³/mol. The van der Waals surface area contributed by atoms with Gasteiger partial charge >= 0.3 is 5.97 Å². The Balaban J connectivity index is 3.04. The molecule has 3 heteroatoms.